The van der Waals surface area contributed by atoms with Crippen molar-refractivity contribution in [2.75, 3.05) is 0 Å². The van der Waals surface area contributed by atoms with Gasteiger partial charge in [-0.3, -0.25) is 4.79 Å². The Bertz CT molecular complexity index is 635. The number of amides is 1. The van der Waals surface area contributed by atoms with Crippen molar-refractivity contribution in [3.63, 3.8) is 0 Å². The first-order valence-electron chi connectivity index (χ1n) is 8.54. The second kappa shape index (κ2) is 8.53. The molecule has 1 N–H and O–H groups in total. The lowest BCUT2D eigenvalue weighted by Gasteiger charge is -2.23. The van der Waals surface area contributed by atoms with E-state index in [1.807, 2.05) is 49.4 Å². The van der Waals surface area contributed by atoms with Crippen molar-refractivity contribution in [1.82, 2.24) is 5.32 Å². The highest BCUT2D eigenvalue weighted by Gasteiger charge is 2.21. The standard InChI is InChI=1S/C21H27NO2/c1-15(2)14-20(18-8-6-5-7-9-18)22-21(23)17(4)24-19-12-10-16(3)11-13-19/h5-13,15,17,20H,14H2,1-4H3,(H,22,23)/t17-,20-/m0/s1. The van der Waals surface area contributed by atoms with Crippen molar-refractivity contribution in [2.24, 2.45) is 5.92 Å². The molecule has 0 saturated heterocycles. The van der Waals surface area contributed by atoms with Crippen LogP contribution in [-0.4, -0.2) is 12.0 Å². The molecule has 3 heteroatoms. The highest BCUT2D eigenvalue weighted by molar-refractivity contribution is 5.81. The second-order valence-electron chi connectivity index (χ2n) is 6.67. The fourth-order valence-electron chi connectivity index (χ4n) is 2.60. The summed E-state index contributed by atoms with van der Waals surface area (Å²) in [6, 6.07) is 17.8. The van der Waals surface area contributed by atoms with Gasteiger partial charge in [0.15, 0.2) is 6.10 Å². The average Bonchev–Trinajstić information content (AvgIpc) is 2.56. The van der Waals surface area contributed by atoms with Crippen LogP contribution in [0, 0.1) is 12.8 Å². The van der Waals surface area contributed by atoms with E-state index in [1.54, 1.807) is 6.92 Å². The van der Waals surface area contributed by atoms with Gasteiger partial charge in [0.05, 0.1) is 6.04 Å². The van der Waals surface area contributed by atoms with Crippen molar-refractivity contribution >= 4 is 5.91 Å². The SMILES string of the molecule is Cc1ccc(O[C@@H](C)C(=O)N[C@@H](CC(C)C)c2ccccc2)cc1. The second-order valence-corrected chi connectivity index (χ2v) is 6.67. The van der Waals surface area contributed by atoms with E-state index in [2.05, 4.69) is 31.3 Å². The Kier molecular flexibility index (Phi) is 6.42. The van der Waals surface area contributed by atoms with Crippen LogP contribution in [0.1, 0.15) is 44.4 Å². The molecule has 2 rings (SSSR count). The third-order valence-corrected chi connectivity index (χ3v) is 3.93. The van der Waals surface area contributed by atoms with E-state index in [4.69, 9.17) is 4.74 Å². The number of ether oxygens (including phenoxy) is 1. The molecule has 0 unspecified atom stereocenters. The summed E-state index contributed by atoms with van der Waals surface area (Å²) < 4.78 is 5.76. The van der Waals surface area contributed by atoms with Gasteiger partial charge in [0.1, 0.15) is 5.75 Å². The van der Waals surface area contributed by atoms with Gasteiger partial charge in [-0.2, -0.15) is 0 Å². The van der Waals surface area contributed by atoms with Gasteiger partial charge in [0, 0.05) is 0 Å². The van der Waals surface area contributed by atoms with Crippen LogP contribution in [0.3, 0.4) is 0 Å². The van der Waals surface area contributed by atoms with Crippen LogP contribution in [0.4, 0.5) is 0 Å². The number of hydrogen-bond acceptors (Lipinski definition) is 2. The number of carbonyl (C=O) groups is 1. The lowest BCUT2D eigenvalue weighted by molar-refractivity contribution is -0.128. The topological polar surface area (TPSA) is 38.3 Å². The first-order valence-corrected chi connectivity index (χ1v) is 8.54. The normalized spacial score (nSPS) is 13.4. The largest absolute Gasteiger partial charge is 0.481 e. The van der Waals surface area contributed by atoms with Crippen LogP contribution in [0.15, 0.2) is 54.6 Å². The first-order chi connectivity index (χ1) is 11.5. The van der Waals surface area contributed by atoms with Crippen molar-refractivity contribution < 1.29 is 9.53 Å². The van der Waals surface area contributed by atoms with Crippen molar-refractivity contribution in [2.45, 2.75) is 46.3 Å². The molecule has 3 nitrogen and oxygen atoms in total. The van der Waals surface area contributed by atoms with Crippen molar-refractivity contribution in [1.29, 1.82) is 0 Å². The van der Waals surface area contributed by atoms with E-state index in [-0.39, 0.29) is 11.9 Å². The fraction of sp³-hybridized carbons (Fsp3) is 0.381. The minimum atomic E-state index is -0.536. The molecule has 0 aliphatic rings. The summed E-state index contributed by atoms with van der Waals surface area (Å²) in [6.45, 7) is 8.13. The van der Waals surface area contributed by atoms with Crippen molar-refractivity contribution in [3.8, 4) is 5.75 Å². The minimum Gasteiger partial charge on any atom is -0.481 e. The van der Waals surface area contributed by atoms with Gasteiger partial charge < -0.3 is 10.1 Å². The number of carbonyl (C=O) groups excluding carboxylic acids is 1. The number of rotatable bonds is 7. The Morgan fingerprint density at radius 3 is 2.21 bits per heavy atom. The molecule has 2 aromatic carbocycles. The lowest BCUT2D eigenvalue weighted by Crippen LogP contribution is -2.39. The molecule has 0 aromatic heterocycles. The molecule has 0 radical (unpaired) electrons. The Labute approximate surface area is 145 Å². The molecule has 2 aromatic rings. The molecule has 24 heavy (non-hydrogen) atoms. The molecule has 2 atom stereocenters. The maximum atomic E-state index is 12.5. The van der Waals surface area contributed by atoms with Crippen LogP contribution >= 0.6 is 0 Å². The van der Waals surface area contributed by atoms with E-state index in [0.717, 1.165) is 12.0 Å². The molecule has 128 valence electrons. The first kappa shape index (κ1) is 18.1. The zero-order valence-corrected chi connectivity index (χ0v) is 15.0. The molecule has 0 saturated carbocycles. The third-order valence-electron chi connectivity index (χ3n) is 3.93. The van der Waals surface area contributed by atoms with Gasteiger partial charge >= 0.3 is 0 Å². The highest BCUT2D eigenvalue weighted by atomic mass is 16.5. The average molecular weight is 325 g/mol. The Morgan fingerprint density at radius 2 is 1.62 bits per heavy atom. The Morgan fingerprint density at radius 1 is 1.00 bits per heavy atom. The predicted molar refractivity (Wildman–Crippen MR) is 98.0 cm³/mol. The van der Waals surface area contributed by atoms with E-state index in [1.165, 1.54) is 5.56 Å². The number of hydrogen-bond donors (Lipinski definition) is 1. The van der Waals surface area contributed by atoms with Crippen LogP contribution in [0.2, 0.25) is 0 Å². The zero-order valence-electron chi connectivity index (χ0n) is 15.0. The van der Waals surface area contributed by atoms with Gasteiger partial charge in [0.2, 0.25) is 0 Å². The van der Waals surface area contributed by atoms with E-state index in [0.29, 0.717) is 11.7 Å². The summed E-state index contributed by atoms with van der Waals surface area (Å²) in [6.07, 6.45) is 0.360. The molecule has 0 fully saturated rings. The summed E-state index contributed by atoms with van der Waals surface area (Å²) in [7, 11) is 0. The number of nitrogens with one attached hydrogen (secondary N) is 1. The van der Waals surface area contributed by atoms with Gasteiger partial charge in [-0.25, -0.2) is 0 Å². The van der Waals surface area contributed by atoms with Gasteiger partial charge in [-0.1, -0.05) is 61.9 Å². The van der Waals surface area contributed by atoms with E-state index >= 15 is 0 Å². The van der Waals surface area contributed by atoms with Crippen LogP contribution < -0.4 is 10.1 Å². The smallest absolute Gasteiger partial charge is 0.261 e. The monoisotopic (exact) mass is 325 g/mol. The Hall–Kier alpha value is -2.29. The summed E-state index contributed by atoms with van der Waals surface area (Å²) in [5.41, 5.74) is 2.29. The molecule has 0 heterocycles. The lowest BCUT2D eigenvalue weighted by atomic mass is 9.97. The minimum absolute atomic E-state index is 0.00256. The van der Waals surface area contributed by atoms with E-state index < -0.39 is 6.10 Å². The molecular formula is C21H27NO2. The molecule has 0 spiro atoms. The van der Waals surface area contributed by atoms with Crippen LogP contribution in [-0.2, 0) is 4.79 Å². The summed E-state index contributed by atoms with van der Waals surface area (Å²) >= 11 is 0. The molecule has 1 amide bonds. The van der Waals surface area contributed by atoms with Gasteiger partial charge in [0.25, 0.3) is 5.91 Å². The number of aryl methyl sites for hydroxylation is 1. The maximum absolute atomic E-state index is 12.5. The third kappa shape index (κ3) is 5.41. The van der Waals surface area contributed by atoms with Gasteiger partial charge in [-0.05, 0) is 43.9 Å². The molecule has 0 aliphatic heterocycles. The molecular weight excluding hydrogens is 298 g/mol. The maximum Gasteiger partial charge on any atom is 0.261 e. The molecule has 0 aliphatic carbocycles. The number of benzene rings is 2. The Balaban J connectivity index is 2.02. The quantitative estimate of drug-likeness (QED) is 0.803. The van der Waals surface area contributed by atoms with E-state index in [9.17, 15) is 4.79 Å². The van der Waals surface area contributed by atoms with Gasteiger partial charge in [-0.15, -0.1) is 0 Å². The van der Waals surface area contributed by atoms with Crippen LogP contribution in [0.5, 0.6) is 5.75 Å². The fourth-order valence-corrected chi connectivity index (χ4v) is 2.60. The predicted octanol–water partition coefficient (Wildman–Crippen LogP) is 4.67. The molecule has 0 bridgehead atoms. The summed E-state index contributed by atoms with van der Waals surface area (Å²) in [4.78, 5) is 12.5. The summed E-state index contributed by atoms with van der Waals surface area (Å²) in [5.74, 6) is 1.11. The van der Waals surface area contributed by atoms with Crippen LogP contribution in [0.25, 0.3) is 0 Å². The van der Waals surface area contributed by atoms with Crippen molar-refractivity contribution in [3.05, 3.63) is 65.7 Å². The highest BCUT2D eigenvalue weighted by Crippen LogP contribution is 2.21. The zero-order chi connectivity index (χ0) is 17.5. The summed E-state index contributed by atoms with van der Waals surface area (Å²) in [5, 5.41) is 3.13.